The van der Waals surface area contributed by atoms with Crippen molar-refractivity contribution in [2.24, 2.45) is 5.41 Å². The van der Waals surface area contributed by atoms with Crippen LogP contribution >= 0.6 is 11.3 Å². The van der Waals surface area contributed by atoms with Crippen LogP contribution in [0.5, 0.6) is 5.75 Å². The number of hydrogen-bond donors (Lipinski definition) is 2. The second kappa shape index (κ2) is 5.66. The molecule has 0 spiro atoms. The third-order valence-corrected chi connectivity index (χ3v) is 4.53. The predicted octanol–water partition coefficient (Wildman–Crippen LogP) is 4.65. The van der Waals surface area contributed by atoms with Crippen LogP contribution in [0.4, 0.5) is 5.69 Å². The largest absolute Gasteiger partial charge is 0.507 e. The van der Waals surface area contributed by atoms with Gasteiger partial charge in [0, 0.05) is 11.1 Å². The van der Waals surface area contributed by atoms with Crippen molar-refractivity contribution in [3.63, 3.8) is 0 Å². The molecule has 5 heteroatoms. The van der Waals surface area contributed by atoms with Gasteiger partial charge in [-0.1, -0.05) is 32.9 Å². The molecule has 2 aromatic carbocycles. The quantitative estimate of drug-likeness (QED) is 0.674. The third kappa shape index (κ3) is 3.19. The lowest BCUT2D eigenvalue weighted by Crippen LogP contribution is -2.27. The molecule has 0 saturated heterocycles. The zero-order chi connectivity index (χ0) is 16.6. The minimum absolute atomic E-state index is 0.0709. The van der Waals surface area contributed by atoms with E-state index in [0.717, 1.165) is 15.2 Å². The summed E-state index contributed by atoms with van der Waals surface area (Å²) in [5.74, 6) is 0.0799. The van der Waals surface area contributed by atoms with Crippen LogP contribution in [0.25, 0.3) is 20.8 Å². The minimum Gasteiger partial charge on any atom is -0.507 e. The van der Waals surface area contributed by atoms with Crippen LogP contribution in [0.3, 0.4) is 0 Å². The molecule has 0 saturated carbocycles. The predicted molar refractivity (Wildman–Crippen MR) is 94.8 cm³/mol. The maximum Gasteiger partial charge on any atom is 0.229 e. The van der Waals surface area contributed by atoms with Gasteiger partial charge in [-0.25, -0.2) is 4.98 Å². The van der Waals surface area contributed by atoms with Crippen LogP contribution in [-0.4, -0.2) is 16.0 Å². The first-order valence-corrected chi connectivity index (χ1v) is 8.17. The lowest BCUT2D eigenvalue weighted by Gasteiger charge is -2.18. The normalized spacial score (nSPS) is 11.6. The summed E-state index contributed by atoms with van der Waals surface area (Å²) in [5.41, 5.74) is 1.69. The molecule has 3 rings (SSSR count). The lowest BCUT2D eigenvalue weighted by molar-refractivity contribution is -0.123. The zero-order valence-corrected chi connectivity index (χ0v) is 14.1. The molecule has 23 heavy (non-hydrogen) atoms. The standard InChI is InChI=1S/C18H18N2O2S/c1-18(2,3)17(22)19-11-8-9-14(21)12(10-11)16-20-13-6-4-5-7-15(13)23-16/h4-10,21H,1-3H3,(H,19,22). The molecule has 3 aromatic rings. The number of anilines is 1. The van der Waals surface area contributed by atoms with Crippen LogP contribution in [0.1, 0.15) is 20.8 Å². The number of aromatic hydroxyl groups is 1. The first kappa shape index (κ1) is 15.5. The number of hydrogen-bond acceptors (Lipinski definition) is 4. The van der Waals surface area contributed by atoms with E-state index in [9.17, 15) is 9.90 Å². The Morgan fingerprint density at radius 1 is 1.17 bits per heavy atom. The number of rotatable bonds is 2. The van der Waals surface area contributed by atoms with Crippen LogP contribution in [-0.2, 0) is 4.79 Å². The summed E-state index contributed by atoms with van der Waals surface area (Å²) in [4.78, 5) is 16.7. The van der Waals surface area contributed by atoms with Gasteiger partial charge in [-0.3, -0.25) is 4.79 Å². The minimum atomic E-state index is -0.478. The molecule has 0 aliphatic carbocycles. The fourth-order valence-corrected chi connectivity index (χ4v) is 3.08. The Hall–Kier alpha value is -2.40. The molecule has 0 radical (unpaired) electrons. The summed E-state index contributed by atoms with van der Waals surface area (Å²) in [5, 5.41) is 13.8. The third-order valence-electron chi connectivity index (χ3n) is 3.46. The van der Waals surface area contributed by atoms with E-state index in [1.807, 2.05) is 45.0 Å². The van der Waals surface area contributed by atoms with E-state index in [4.69, 9.17) is 0 Å². The molecule has 0 aliphatic heterocycles. The van der Waals surface area contributed by atoms with Crippen LogP contribution < -0.4 is 5.32 Å². The monoisotopic (exact) mass is 326 g/mol. The molecule has 0 atom stereocenters. The molecule has 0 bridgehead atoms. The van der Waals surface area contributed by atoms with E-state index in [0.29, 0.717) is 11.3 Å². The number of carbonyl (C=O) groups is 1. The summed E-state index contributed by atoms with van der Waals surface area (Å²) in [7, 11) is 0. The van der Waals surface area contributed by atoms with Crippen molar-refractivity contribution in [2.45, 2.75) is 20.8 Å². The Morgan fingerprint density at radius 2 is 1.91 bits per heavy atom. The number of aromatic nitrogens is 1. The number of carbonyl (C=O) groups excluding carboxylic acids is 1. The highest BCUT2D eigenvalue weighted by Gasteiger charge is 2.21. The van der Waals surface area contributed by atoms with E-state index in [1.165, 1.54) is 11.3 Å². The van der Waals surface area contributed by atoms with Crippen LogP contribution in [0.2, 0.25) is 0 Å². The summed E-state index contributed by atoms with van der Waals surface area (Å²) in [6, 6.07) is 12.9. The topological polar surface area (TPSA) is 62.2 Å². The van der Waals surface area contributed by atoms with E-state index in [1.54, 1.807) is 18.2 Å². The fourth-order valence-electron chi connectivity index (χ4n) is 2.09. The molecule has 2 N–H and O–H groups in total. The van der Waals surface area contributed by atoms with Crippen LogP contribution in [0, 0.1) is 5.41 Å². The maximum absolute atomic E-state index is 12.1. The van der Waals surface area contributed by atoms with E-state index in [-0.39, 0.29) is 11.7 Å². The average Bonchev–Trinajstić information content (AvgIpc) is 2.91. The molecule has 0 unspecified atom stereocenters. The Bertz CT molecular complexity index is 845. The molecular formula is C18H18N2O2S. The summed E-state index contributed by atoms with van der Waals surface area (Å²) >= 11 is 1.51. The van der Waals surface area contributed by atoms with E-state index >= 15 is 0 Å². The van der Waals surface area contributed by atoms with Crippen molar-refractivity contribution in [3.05, 3.63) is 42.5 Å². The van der Waals surface area contributed by atoms with Crippen molar-refractivity contribution >= 4 is 33.1 Å². The first-order chi connectivity index (χ1) is 10.8. The molecule has 0 fully saturated rings. The molecule has 0 aliphatic rings. The van der Waals surface area contributed by atoms with Gasteiger partial charge in [0.25, 0.3) is 0 Å². The van der Waals surface area contributed by atoms with E-state index < -0.39 is 5.41 Å². The highest BCUT2D eigenvalue weighted by Crippen LogP contribution is 2.36. The van der Waals surface area contributed by atoms with Gasteiger partial charge in [-0.05, 0) is 30.3 Å². The number of fused-ring (bicyclic) bond motifs is 1. The number of phenols is 1. The van der Waals surface area contributed by atoms with Crippen LogP contribution in [0.15, 0.2) is 42.5 Å². The van der Waals surface area contributed by atoms with Gasteiger partial charge in [0.05, 0.1) is 15.8 Å². The SMILES string of the molecule is CC(C)(C)C(=O)Nc1ccc(O)c(-c2nc3ccccc3s2)c1. The molecule has 1 heterocycles. The lowest BCUT2D eigenvalue weighted by atomic mass is 9.95. The van der Waals surface area contributed by atoms with Gasteiger partial charge in [0.15, 0.2) is 0 Å². The van der Waals surface area contributed by atoms with Crippen molar-refractivity contribution in [1.29, 1.82) is 0 Å². The van der Waals surface area contributed by atoms with Gasteiger partial charge in [-0.15, -0.1) is 11.3 Å². The van der Waals surface area contributed by atoms with Crippen molar-refractivity contribution < 1.29 is 9.90 Å². The number of thiazole rings is 1. The number of benzene rings is 2. The average molecular weight is 326 g/mol. The molecule has 1 aromatic heterocycles. The number of phenolic OH excluding ortho intramolecular Hbond substituents is 1. The second-order valence-corrected chi connectivity index (χ2v) is 7.45. The van der Waals surface area contributed by atoms with Gasteiger partial charge >= 0.3 is 0 Å². The smallest absolute Gasteiger partial charge is 0.229 e. The second-order valence-electron chi connectivity index (χ2n) is 6.42. The van der Waals surface area contributed by atoms with Crippen molar-refractivity contribution in [2.75, 3.05) is 5.32 Å². The highest BCUT2D eigenvalue weighted by molar-refractivity contribution is 7.21. The van der Waals surface area contributed by atoms with Gasteiger partial charge < -0.3 is 10.4 Å². The molecule has 118 valence electrons. The summed E-state index contributed by atoms with van der Waals surface area (Å²) in [6.45, 7) is 5.58. The van der Waals surface area contributed by atoms with Gasteiger partial charge in [0.1, 0.15) is 10.8 Å². The Labute approximate surface area is 138 Å². The van der Waals surface area contributed by atoms with E-state index in [2.05, 4.69) is 10.3 Å². The summed E-state index contributed by atoms with van der Waals surface area (Å²) < 4.78 is 1.06. The first-order valence-electron chi connectivity index (χ1n) is 7.35. The Kier molecular flexibility index (Phi) is 3.82. The number of para-hydroxylation sites is 1. The molecular weight excluding hydrogens is 308 g/mol. The van der Waals surface area contributed by atoms with Gasteiger partial charge in [-0.2, -0.15) is 0 Å². The molecule has 4 nitrogen and oxygen atoms in total. The zero-order valence-electron chi connectivity index (χ0n) is 13.3. The van der Waals surface area contributed by atoms with Gasteiger partial charge in [0.2, 0.25) is 5.91 Å². The highest BCUT2D eigenvalue weighted by atomic mass is 32.1. The maximum atomic E-state index is 12.1. The number of amides is 1. The number of nitrogens with one attached hydrogen (secondary N) is 1. The molecule has 1 amide bonds. The fraction of sp³-hybridized carbons (Fsp3) is 0.222. The summed E-state index contributed by atoms with van der Waals surface area (Å²) in [6.07, 6.45) is 0. The van der Waals surface area contributed by atoms with Crippen molar-refractivity contribution in [3.8, 4) is 16.3 Å². The van der Waals surface area contributed by atoms with Crippen molar-refractivity contribution in [1.82, 2.24) is 4.98 Å². The Morgan fingerprint density at radius 3 is 2.61 bits per heavy atom. The Balaban J connectivity index is 1.99. The number of nitrogens with zero attached hydrogens (tertiary/aromatic N) is 1.